The molecule has 0 spiro atoms. The summed E-state index contributed by atoms with van der Waals surface area (Å²) in [4.78, 5) is 11.1. The average molecular weight is 303 g/mol. The summed E-state index contributed by atoms with van der Waals surface area (Å²) in [6.07, 6.45) is -0.412. The van der Waals surface area contributed by atoms with Crippen molar-refractivity contribution in [2.75, 3.05) is 3.11 Å². The number of halogens is 1. The fourth-order valence-electron chi connectivity index (χ4n) is 1.51. The quantitative estimate of drug-likeness (QED) is 0.595. The molecule has 0 saturated carbocycles. The Kier molecular flexibility index (Phi) is 2.60. The summed E-state index contributed by atoms with van der Waals surface area (Å²) in [5.41, 5.74) is 7.50. The number of para-hydroxylation sites is 1. The van der Waals surface area contributed by atoms with Crippen LogP contribution < -0.4 is 14.2 Å². The van der Waals surface area contributed by atoms with Crippen LogP contribution in [0.15, 0.2) is 24.3 Å². The number of primary amides is 1. The highest BCUT2D eigenvalue weighted by molar-refractivity contribution is 14.1. The Hall–Kier alpha value is -0.820. The topological polar surface area (TPSA) is 58.4 Å². The molecule has 1 aromatic carbocycles. The summed E-state index contributed by atoms with van der Waals surface area (Å²) in [6.45, 7) is 0.684. The molecule has 0 aliphatic carbocycles. The number of fused-ring (bicyclic) bond motifs is 1. The third-order valence-corrected chi connectivity index (χ3v) is 3.28. The molecule has 1 atom stereocenters. The van der Waals surface area contributed by atoms with Crippen LogP contribution in [0.2, 0.25) is 0 Å². The van der Waals surface area contributed by atoms with E-state index >= 15 is 0 Å². The van der Waals surface area contributed by atoms with Crippen LogP contribution >= 0.6 is 22.9 Å². The van der Waals surface area contributed by atoms with Crippen molar-refractivity contribution < 1.29 is 4.79 Å². The van der Waals surface area contributed by atoms with E-state index in [1.807, 2.05) is 27.4 Å². The van der Waals surface area contributed by atoms with E-state index in [1.54, 1.807) is 0 Å². The van der Waals surface area contributed by atoms with Gasteiger partial charge in [0.15, 0.2) is 6.17 Å². The number of anilines is 1. The molecule has 1 unspecified atom stereocenters. The Morgan fingerprint density at radius 2 is 2.29 bits per heavy atom. The number of nitrogens with one attached hydrogen (secondary N) is 1. The molecule has 1 amide bonds. The lowest BCUT2D eigenvalue weighted by atomic mass is 10.1. The summed E-state index contributed by atoms with van der Waals surface area (Å²) in [7, 11) is 0. The van der Waals surface area contributed by atoms with Crippen molar-refractivity contribution in [1.82, 2.24) is 5.32 Å². The zero-order chi connectivity index (χ0) is 10.1. The molecule has 3 N–H and O–H groups in total. The van der Waals surface area contributed by atoms with Crippen molar-refractivity contribution in [2.24, 2.45) is 5.73 Å². The van der Waals surface area contributed by atoms with Crippen molar-refractivity contribution >= 4 is 34.5 Å². The molecule has 0 fully saturated rings. The summed E-state index contributed by atoms with van der Waals surface area (Å²) in [5, 5.41) is 3.07. The minimum absolute atomic E-state index is 0.353. The number of rotatable bonds is 1. The van der Waals surface area contributed by atoms with E-state index in [0.29, 0.717) is 6.54 Å². The maximum atomic E-state index is 11.1. The average Bonchev–Trinajstić information content (AvgIpc) is 2.18. The van der Waals surface area contributed by atoms with Gasteiger partial charge in [0.05, 0.1) is 28.6 Å². The molecule has 14 heavy (non-hydrogen) atoms. The summed E-state index contributed by atoms with van der Waals surface area (Å²) in [5.74, 6) is -0.353. The molecule has 0 radical (unpaired) electrons. The van der Waals surface area contributed by atoms with Crippen LogP contribution in [0.25, 0.3) is 0 Å². The van der Waals surface area contributed by atoms with Gasteiger partial charge in [-0.25, -0.2) is 0 Å². The Bertz CT molecular complexity index is 369. The Morgan fingerprint density at radius 3 is 3.00 bits per heavy atom. The van der Waals surface area contributed by atoms with Gasteiger partial charge in [-0.15, -0.1) is 0 Å². The third-order valence-electron chi connectivity index (χ3n) is 2.20. The molecule has 0 saturated heterocycles. The first-order valence-corrected chi connectivity index (χ1v) is 5.22. The number of hydrogen-bond acceptors (Lipinski definition) is 3. The van der Waals surface area contributed by atoms with Crippen molar-refractivity contribution in [3.8, 4) is 0 Å². The first-order valence-electron chi connectivity index (χ1n) is 4.26. The summed E-state index contributed by atoms with van der Waals surface area (Å²) < 4.78 is 1.83. The van der Waals surface area contributed by atoms with Crippen LogP contribution in [0.1, 0.15) is 5.56 Å². The lowest BCUT2D eigenvalue weighted by Gasteiger charge is -2.32. The van der Waals surface area contributed by atoms with Crippen molar-refractivity contribution in [2.45, 2.75) is 12.7 Å². The fraction of sp³-hybridized carbons (Fsp3) is 0.222. The normalized spacial score (nSPS) is 20.4. The van der Waals surface area contributed by atoms with Gasteiger partial charge >= 0.3 is 0 Å². The van der Waals surface area contributed by atoms with Gasteiger partial charge in [-0.1, -0.05) is 18.2 Å². The van der Waals surface area contributed by atoms with Crippen molar-refractivity contribution in [3.05, 3.63) is 29.8 Å². The number of nitrogens with zero attached hydrogens (tertiary/aromatic N) is 1. The fourth-order valence-corrected chi connectivity index (χ4v) is 2.45. The SMILES string of the molecule is NC(=O)C1NCc2ccccc2N1I. The molecule has 0 bridgehead atoms. The van der Waals surface area contributed by atoms with Crippen LogP contribution in [0.3, 0.4) is 0 Å². The van der Waals surface area contributed by atoms with Crippen LogP contribution in [0.4, 0.5) is 5.69 Å². The van der Waals surface area contributed by atoms with Gasteiger partial charge in [-0.3, -0.25) is 13.2 Å². The van der Waals surface area contributed by atoms with Crippen LogP contribution in [-0.2, 0) is 11.3 Å². The minimum atomic E-state index is -0.412. The third kappa shape index (κ3) is 1.57. The van der Waals surface area contributed by atoms with Gasteiger partial charge in [0.1, 0.15) is 0 Å². The van der Waals surface area contributed by atoms with Crippen LogP contribution in [0.5, 0.6) is 0 Å². The Balaban J connectivity index is 2.36. The van der Waals surface area contributed by atoms with Crippen molar-refractivity contribution in [1.29, 1.82) is 0 Å². The number of benzene rings is 1. The zero-order valence-corrected chi connectivity index (χ0v) is 9.56. The van der Waals surface area contributed by atoms with Crippen molar-refractivity contribution in [3.63, 3.8) is 0 Å². The monoisotopic (exact) mass is 303 g/mol. The lowest BCUT2D eigenvalue weighted by Crippen LogP contribution is -2.52. The van der Waals surface area contributed by atoms with E-state index in [1.165, 1.54) is 5.56 Å². The van der Waals surface area contributed by atoms with Crippen LogP contribution in [0, 0.1) is 0 Å². The van der Waals surface area contributed by atoms with Gasteiger partial charge in [-0.05, 0) is 11.6 Å². The second kappa shape index (κ2) is 3.74. The van der Waals surface area contributed by atoms with E-state index in [4.69, 9.17) is 5.73 Å². The van der Waals surface area contributed by atoms with Gasteiger partial charge < -0.3 is 5.73 Å². The van der Waals surface area contributed by atoms with Gasteiger partial charge in [-0.2, -0.15) is 0 Å². The van der Waals surface area contributed by atoms with E-state index in [-0.39, 0.29) is 5.91 Å². The molecule has 1 aliphatic rings. The second-order valence-corrected chi connectivity index (χ2v) is 4.17. The number of carbonyl (C=O) groups is 1. The molecule has 1 aromatic rings. The number of amides is 1. The Morgan fingerprint density at radius 1 is 1.57 bits per heavy atom. The Labute approximate surface area is 95.9 Å². The maximum Gasteiger partial charge on any atom is 0.255 e. The summed E-state index contributed by atoms with van der Waals surface area (Å²) in [6, 6.07) is 7.95. The standard InChI is InChI=1S/C9H10IN3O/c10-13-7-4-2-1-3-6(7)5-12-9(13)8(11)14/h1-4,9,12H,5H2,(H2,11,14). The first kappa shape index (κ1) is 9.72. The van der Waals surface area contributed by atoms with Gasteiger partial charge in [0, 0.05) is 6.54 Å². The van der Waals surface area contributed by atoms with Crippen LogP contribution in [-0.4, -0.2) is 12.1 Å². The predicted octanol–water partition coefficient (Wildman–Crippen LogP) is 0.758. The number of hydrogen-bond donors (Lipinski definition) is 2. The van der Waals surface area contributed by atoms with E-state index < -0.39 is 6.17 Å². The second-order valence-electron chi connectivity index (χ2n) is 3.13. The highest BCUT2D eigenvalue weighted by atomic mass is 127. The molecule has 2 rings (SSSR count). The molecule has 74 valence electrons. The molecule has 1 heterocycles. The number of nitrogens with two attached hydrogens (primary N) is 1. The minimum Gasteiger partial charge on any atom is -0.367 e. The largest absolute Gasteiger partial charge is 0.367 e. The van der Waals surface area contributed by atoms with Gasteiger partial charge in [0.2, 0.25) is 0 Å². The molecular formula is C9H10IN3O. The first-order chi connectivity index (χ1) is 6.70. The maximum absolute atomic E-state index is 11.1. The molecule has 1 aliphatic heterocycles. The lowest BCUT2D eigenvalue weighted by molar-refractivity contribution is -0.119. The van der Waals surface area contributed by atoms with E-state index in [0.717, 1.165) is 5.69 Å². The predicted molar refractivity (Wildman–Crippen MR) is 62.8 cm³/mol. The highest BCUT2D eigenvalue weighted by Gasteiger charge is 2.27. The smallest absolute Gasteiger partial charge is 0.255 e. The van der Waals surface area contributed by atoms with Gasteiger partial charge in [0.25, 0.3) is 5.91 Å². The number of carbonyl (C=O) groups excluding carboxylic acids is 1. The summed E-state index contributed by atoms with van der Waals surface area (Å²) >= 11 is 2.10. The molecule has 4 nitrogen and oxygen atoms in total. The van der Waals surface area contributed by atoms with E-state index in [9.17, 15) is 4.79 Å². The molecular weight excluding hydrogens is 293 g/mol. The highest BCUT2D eigenvalue weighted by Crippen LogP contribution is 2.28. The van der Waals surface area contributed by atoms with E-state index in [2.05, 4.69) is 28.2 Å². The zero-order valence-electron chi connectivity index (χ0n) is 7.40. The molecule has 0 aromatic heterocycles. The molecule has 5 heteroatoms.